The molecule has 2 heterocycles. The Balaban J connectivity index is 1.49. The fraction of sp³-hybridized carbons (Fsp3) is 0.444. The van der Waals surface area contributed by atoms with Gasteiger partial charge in [0.1, 0.15) is 0 Å². The van der Waals surface area contributed by atoms with E-state index in [-0.39, 0.29) is 24.5 Å². The third-order valence-electron chi connectivity index (χ3n) is 4.23. The zero-order valence-electron chi connectivity index (χ0n) is 13.9. The standard InChI is InChI=1S/C18H24N4O2/c1-13(20-12-17(23)22-15-7-9-19-10-8-15)18-21-11-16(24-18)14-5-3-2-4-6-14/h2-6,11,13,15,19-20H,7-10,12H2,1H3,(H,22,23). The van der Waals surface area contributed by atoms with Crippen molar-refractivity contribution in [2.45, 2.75) is 31.8 Å². The molecule has 1 amide bonds. The van der Waals surface area contributed by atoms with Crippen LogP contribution in [0.1, 0.15) is 31.7 Å². The van der Waals surface area contributed by atoms with E-state index in [9.17, 15) is 4.79 Å². The van der Waals surface area contributed by atoms with Gasteiger partial charge in [-0.05, 0) is 32.9 Å². The number of piperidine rings is 1. The molecule has 1 aromatic heterocycles. The Morgan fingerprint density at radius 1 is 1.33 bits per heavy atom. The van der Waals surface area contributed by atoms with Gasteiger partial charge in [0, 0.05) is 11.6 Å². The minimum absolute atomic E-state index is 0.0172. The second-order valence-corrected chi connectivity index (χ2v) is 6.12. The lowest BCUT2D eigenvalue weighted by molar-refractivity contribution is -0.121. The largest absolute Gasteiger partial charge is 0.439 e. The van der Waals surface area contributed by atoms with Crippen LogP contribution >= 0.6 is 0 Å². The first-order valence-electron chi connectivity index (χ1n) is 8.47. The average molecular weight is 328 g/mol. The van der Waals surface area contributed by atoms with Gasteiger partial charge in [0.25, 0.3) is 0 Å². The van der Waals surface area contributed by atoms with Gasteiger partial charge in [-0.15, -0.1) is 0 Å². The van der Waals surface area contributed by atoms with E-state index in [4.69, 9.17) is 4.42 Å². The molecule has 1 aliphatic rings. The van der Waals surface area contributed by atoms with Gasteiger partial charge in [-0.3, -0.25) is 10.1 Å². The molecule has 1 fully saturated rings. The van der Waals surface area contributed by atoms with E-state index in [1.807, 2.05) is 37.3 Å². The fourth-order valence-electron chi connectivity index (χ4n) is 2.80. The second kappa shape index (κ2) is 8.08. The fourth-order valence-corrected chi connectivity index (χ4v) is 2.80. The van der Waals surface area contributed by atoms with E-state index in [1.165, 1.54) is 0 Å². The summed E-state index contributed by atoms with van der Waals surface area (Å²) >= 11 is 0. The van der Waals surface area contributed by atoms with E-state index in [0.29, 0.717) is 5.89 Å². The predicted octanol–water partition coefficient (Wildman–Crippen LogP) is 1.86. The number of hydrogen-bond acceptors (Lipinski definition) is 5. The molecule has 0 radical (unpaired) electrons. The highest BCUT2D eigenvalue weighted by atomic mass is 16.4. The summed E-state index contributed by atoms with van der Waals surface area (Å²) in [6, 6.07) is 10.0. The number of hydrogen-bond donors (Lipinski definition) is 3. The van der Waals surface area contributed by atoms with Crippen LogP contribution in [0.25, 0.3) is 11.3 Å². The molecule has 128 valence electrons. The van der Waals surface area contributed by atoms with Gasteiger partial charge in [0.2, 0.25) is 11.8 Å². The SMILES string of the molecule is CC(NCC(=O)NC1CCNCC1)c1ncc(-c2ccccc2)o1. The minimum Gasteiger partial charge on any atom is -0.439 e. The Morgan fingerprint density at radius 3 is 2.83 bits per heavy atom. The molecule has 1 aliphatic heterocycles. The topological polar surface area (TPSA) is 79.2 Å². The second-order valence-electron chi connectivity index (χ2n) is 6.12. The van der Waals surface area contributed by atoms with Gasteiger partial charge in [0.05, 0.1) is 18.8 Å². The first-order valence-corrected chi connectivity index (χ1v) is 8.47. The lowest BCUT2D eigenvalue weighted by Crippen LogP contribution is -2.45. The molecule has 6 nitrogen and oxygen atoms in total. The maximum atomic E-state index is 12.0. The number of carbonyl (C=O) groups is 1. The molecular weight excluding hydrogens is 304 g/mol. The van der Waals surface area contributed by atoms with E-state index in [2.05, 4.69) is 20.9 Å². The number of carbonyl (C=O) groups excluding carboxylic acids is 1. The van der Waals surface area contributed by atoms with Crippen LogP contribution in [0, 0.1) is 0 Å². The van der Waals surface area contributed by atoms with Gasteiger partial charge in [-0.25, -0.2) is 4.98 Å². The number of oxazole rings is 1. The molecule has 1 atom stereocenters. The molecule has 3 rings (SSSR count). The van der Waals surface area contributed by atoms with Crippen LogP contribution in [0.5, 0.6) is 0 Å². The molecule has 0 bridgehead atoms. The van der Waals surface area contributed by atoms with E-state index in [0.717, 1.165) is 37.3 Å². The van der Waals surface area contributed by atoms with Crippen LogP contribution in [0.4, 0.5) is 0 Å². The molecule has 1 aromatic carbocycles. The monoisotopic (exact) mass is 328 g/mol. The minimum atomic E-state index is -0.124. The highest BCUT2D eigenvalue weighted by Gasteiger charge is 2.17. The molecule has 2 aromatic rings. The van der Waals surface area contributed by atoms with Gasteiger partial charge >= 0.3 is 0 Å². The van der Waals surface area contributed by atoms with Crippen LogP contribution in [0.15, 0.2) is 40.9 Å². The van der Waals surface area contributed by atoms with Crippen LogP contribution in [0.3, 0.4) is 0 Å². The van der Waals surface area contributed by atoms with Gasteiger partial charge in [-0.2, -0.15) is 0 Å². The summed E-state index contributed by atoms with van der Waals surface area (Å²) < 4.78 is 5.80. The predicted molar refractivity (Wildman–Crippen MR) is 92.4 cm³/mol. The summed E-state index contributed by atoms with van der Waals surface area (Å²) in [4.78, 5) is 16.3. The van der Waals surface area contributed by atoms with Crippen molar-refractivity contribution in [1.29, 1.82) is 0 Å². The van der Waals surface area contributed by atoms with E-state index in [1.54, 1.807) is 6.20 Å². The van der Waals surface area contributed by atoms with Crippen molar-refractivity contribution in [3.8, 4) is 11.3 Å². The Kier molecular flexibility index (Phi) is 5.61. The Hall–Kier alpha value is -2.18. The number of amides is 1. The van der Waals surface area contributed by atoms with Gasteiger partial charge < -0.3 is 15.1 Å². The van der Waals surface area contributed by atoms with Crippen molar-refractivity contribution < 1.29 is 9.21 Å². The average Bonchev–Trinajstić information content (AvgIpc) is 3.11. The molecule has 0 spiro atoms. The van der Waals surface area contributed by atoms with Crippen molar-refractivity contribution in [1.82, 2.24) is 20.9 Å². The molecule has 3 N–H and O–H groups in total. The highest BCUT2D eigenvalue weighted by Crippen LogP contribution is 2.22. The zero-order chi connectivity index (χ0) is 16.8. The number of nitrogens with zero attached hydrogens (tertiary/aromatic N) is 1. The quantitative estimate of drug-likeness (QED) is 0.754. The third kappa shape index (κ3) is 4.43. The summed E-state index contributed by atoms with van der Waals surface area (Å²) in [6.45, 7) is 4.13. The van der Waals surface area contributed by atoms with Crippen molar-refractivity contribution in [2.24, 2.45) is 0 Å². The molecule has 0 aliphatic carbocycles. The first kappa shape index (κ1) is 16.7. The lowest BCUT2D eigenvalue weighted by atomic mass is 10.1. The van der Waals surface area contributed by atoms with Crippen LogP contribution in [-0.4, -0.2) is 36.6 Å². The number of aromatic nitrogens is 1. The number of benzene rings is 1. The van der Waals surface area contributed by atoms with Crippen LogP contribution in [-0.2, 0) is 4.79 Å². The van der Waals surface area contributed by atoms with Crippen LogP contribution in [0.2, 0.25) is 0 Å². The maximum absolute atomic E-state index is 12.0. The Morgan fingerprint density at radius 2 is 2.08 bits per heavy atom. The lowest BCUT2D eigenvalue weighted by Gasteiger charge is -2.24. The summed E-state index contributed by atoms with van der Waals surface area (Å²) in [7, 11) is 0. The van der Waals surface area contributed by atoms with Gasteiger partial charge in [-0.1, -0.05) is 30.3 Å². The normalized spacial score (nSPS) is 16.7. The van der Waals surface area contributed by atoms with E-state index < -0.39 is 0 Å². The molecular formula is C18H24N4O2. The van der Waals surface area contributed by atoms with Crippen molar-refractivity contribution in [3.05, 3.63) is 42.4 Å². The third-order valence-corrected chi connectivity index (χ3v) is 4.23. The molecule has 0 saturated carbocycles. The summed E-state index contributed by atoms with van der Waals surface area (Å²) in [6.07, 6.45) is 3.70. The van der Waals surface area contributed by atoms with Crippen molar-refractivity contribution in [3.63, 3.8) is 0 Å². The Labute approximate surface area is 142 Å². The first-order chi connectivity index (χ1) is 11.7. The smallest absolute Gasteiger partial charge is 0.234 e. The maximum Gasteiger partial charge on any atom is 0.234 e. The highest BCUT2D eigenvalue weighted by molar-refractivity contribution is 5.78. The summed E-state index contributed by atoms with van der Waals surface area (Å²) in [5, 5.41) is 9.52. The summed E-state index contributed by atoms with van der Waals surface area (Å²) in [5.41, 5.74) is 0.993. The molecule has 1 saturated heterocycles. The Bertz CT molecular complexity index is 650. The molecule has 1 unspecified atom stereocenters. The van der Waals surface area contributed by atoms with E-state index >= 15 is 0 Å². The zero-order valence-corrected chi connectivity index (χ0v) is 13.9. The van der Waals surface area contributed by atoms with Crippen molar-refractivity contribution >= 4 is 5.91 Å². The summed E-state index contributed by atoms with van der Waals surface area (Å²) in [5.74, 6) is 1.34. The molecule has 24 heavy (non-hydrogen) atoms. The molecule has 6 heteroatoms. The number of nitrogens with one attached hydrogen (secondary N) is 3. The number of rotatable bonds is 6. The van der Waals surface area contributed by atoms with Crippen molar-refractivity contribution in [2.75, 3.05) is 19.6 Å². The van der Waals surface area contributed by atoms with Gasteiger partial charge in [0.15, 0.2) is 5.76 Å². The van der Waals surface area contributed by atoms with Crippen LogP contribution < -0.4 is 16.0 Å².